The van der Waals surface area contributed by atoms with Crippen molar-refractivity contribution in [1.29, 1.82) is 0 Å². The molecule has 1 amide bonds. The molecule has 3 aromatic rings. The first-order chi connectivity index (χ1) is 13.7. The van der Waals surface area contributed by atoms with Gasteiger partial charge >= 0.3 is 6.09 Å². The highest BCUT2D eigenvalue weighted by molar-refractivity contribution is 8.01. The fraction of sp³-hybridized carbons (Fsp3) is 0.273. The summed E-state index contributed by atoms with van der Waals surface area (Å²) >= 11 is 3.02. The molecule has 1 heterocycles. The van der Waals surface area contributed by atoms with Crippen LogP contribution in [0.3, 0.4) is 0 Å². The topological polar surface area (TPSA) is 62.2 Å². The Hall–Kier alpha value is -2.38. The predicted molar refractivity (Wildman–Crippen MR) is 116 cm³/mol. The number of halogens is 1. The van der Waals surface area contributed by atoms with Crippen LogP contribution >= 0.6 is 23.1 Å². The zero-order valence-corrected chi connectivity index (χ0v) is 18.1. The first-order valence-corrected chi connectivity index (χ1v) is 10.8. The molecule has 1 aromatic heterocycles. The summed E-state index contributed by atoms with van der Waals surface area (Å²) in [6, 6.07) is 16.1. The summed E-state index contributed by atoms with van der Waals surface area (Å²) < 4.78 is 15.4. The van der Waals surface area contributed by atoms with Crippen LogP contribution in [0.5, 0.6) is 0 Å². The van der Waals surface area contributed by atoms with Gasteiger partial charge in [0.05, 0.1) is 14.9 Å². The van der Waals surface area contributed by atoms with Gasteiger partial charge in [0.2, 0.25) is 0 Å². The number of nitrogens with one attached hydrogen (secondary N) is 1. The molecule has 2 aromatic carbocycles. The number of carbonyl (C=O) groups is 1. The van der Waals surface area contributed by atoms with Crippen LogP contribution in [0.25, 0.3) is 11.3 Å². The second-order valence-electron chi connectivity index (χ2n) is 7.71. The molecule has 0 spiro atoms. The van der Waals surface area contributed by atoms with Crippen LogP contribution in [0.1, 0.15) is 25.8 Å². The van der Waals surface area contributed by atoms with Crippen molar-refractivity contribution in [2.24, 2.45) is 5.41 Å². The Kier molecular flexibility index (Phi) is 6.59. The van der Waals surface area contributed by atoms with Crippen LogP contribution in [0.2, 0.25) is 0 Å². The SMILES string of the molecule is CC(C)(C)C(Cc1nc(-c2ccccc2F)c(Sc2ccccc2)s1)NC(=O)O. The number of hydrogen-bond donors (Lipinski definition) is 2. The van der Waals surface area contributed by atoms with E-state index < -0.39 is 6.09 Å². The number of carboxylic acid groups (broad SMARTS) is 1. The number of nitrogens with zero attached hydrogens (tertiary/aromatic N) is 1. The second-order valence-corrected chi connectivity index (χ2v) is 10.1. The molecule has 0 aliphatic rings. The number of aromatic nitrogens is 1. The van der Waals surface area contributed by atoms with Gasteiger partial charge in [0.1, 0.15) is 5.82 Å². The van der Waals surface area contributed by atoms with Crippen LogP contribution in [-0.4, -0.2) is 22.2 Å². The summed E-state index contributed by atoms with van der Waals surface area (Å²) in [5.74, 6) is -0.324. The monoisotopic (exact) mass is 430 g/mol. The van der Waals surface area contributed by atoms with Crippen LogP contribution in [0.15, 0.2) is 63.7 Å². The molecule has 29 heavy (non-hydrogen) atoms. The van der Waals surface area contributed by atoms with Gasteiger partial charge in [0.15, 0.2) is 0 Å². The average molecular weight is 431 g/mol. The first kappa shape index (κ1) is 21.3. The molecule has 3 rings (SSSR count). The van der Waals surface area contributed by atoms with E-state index in [1.807, 2.05) is 51.1 Å². The van der Waals surface area contributed by atoms with Crippen LogP contribution in [0.4, 0.5) is 9.18 Å². The van der Waals surface area contributed by atoms with Gasteiger partial charge in [-0.15, -0.1) is 11.3 Å². The molecule has 2 N–H and O–H groups in total. The van der Waals surface area contributed by atoms with Gasteiger partial charge in [-0.2, -0.15) is 0 Å². The summed E-state index contributed by atoms with van der Waals surface area (Å²) in [6.07, 6.45) is -0.619. The van der Waals surface area contributed by atoms with Gasteiger partial charge < -0.3 is 10.4 Å². The van der Waals surface area contributed by atoms with E-state index in [0.29, 0.717) is 17.7 Å². The maximum Gasteiger partial charge on any atom is 0.404 e. The third kappa shape index (κ3) is 5.58. The number of benzene rings is 2. The highest BCUT2D eigenvalue weighted by Crippen LogP contribution is 2.41. The van der Waals surface area contributed by atoms with Gasteiger partial charge in [0, 0.05) is 22.9 Å². The Morgan fingerprint density at radius 2 is 1.83 bits per heavy atom. The van der Waals surface area contributed by atoms with Crippen LogP contribution in [0, 0.1) is 11.2 Å². The Morgan fingerprint density at radius 1 is 1.17 bits per heavy atom. The molecule has 0 saturated heterocycles. The smallest absolute Gasteiger partial charge is 0.404 e. The largest absolute Gasteiger partial charge is 0.465 e. The average Bonchev–Trinajstić information content (AvgIpc) is 3.03. The second kappa shape index (κ2) is 8.97. The Balaban J connectivity index is 1.99. The molecule has 0 saturated carbocycles. The van der Waals surface area contributed by atoms with Crippen LogP contribution < -0.4 is 5.32 Å². The standard InChI is InChI=1S/C22H23FN2O2S2/c1-22(2,3)17(24-21(26)27)13-18-25-19(15-11-7-8-12-16(15)23)20(29-18)28-14-9-5-4-6-10-14/h4-12,17,24H,13H2,1-3H3,(H,26,27). The highest BCUT2D eigenvalue weighted by Gasteiger charge is 2.28. The summed E-state index contributed by atoms with van der Waals surface area (Å²) in [5, 5.41) is 12.6. The number of hydrogen-bond acceptors (Lipinski definition) is 4. The van der Waals surface area contributed by atoms with Crippen molar-refractivity contribution in [3.63, 3.8) is 0 Å². The summed E-state index contributed by atoms with van der Waals surface area (Å²) in [6.45, 7) is 5.95. The van der Waals surface area contributed by atoms with E-state index in [9.17, 15) is 14.3 Å². The fourth-order valence-electron chi connectivity index (χ4n) is 2.82. The number of rotatable bonds is 6. The van der Waals surface area contributed by atoms with Crippen molar-refractivity contribution in [3.8, 4) is 11.3 Å². The van der Waals surface area contributed by atoms with Gasteiger partial charge in [-0.25, -0.2) is 14.2 Å². The zero-order chi connectivity index (χ0) is 21.0. The molecular weight excluding hydrogens is 407 g/mol. The molecule has 0 radical (unpaired) electrons. The predicted octanol–water partition coefficient (Wildman–Crippen LogP) is 6.33. The minimum absolute atomic E-state index is 0.283. The van der Waals surface area contributed by atoms with E-state index in [1.165, 1.54) is 29.2 Å². The minimum Gasteiger partial charge on any atom is -0.465 e. The molecule has 0 fully saturated rings. The van der Waals surface area contributed by atoms with Gasteiger partial charge in [0.25, 0.3) is 0 Å². The van der Waals surface area contributed by atoms with Crippen molar-refractivity contribution in [2.75, 3.05) is 0 Å². The first-order valence-electron chi connectivity index (χ1n) is 9.21. The van der Waals surface area contributed by atoms with Gasteiger partial charge in [-0.3, -0.25) is 0 Å². The summed E-state index contributed by atoms with van der Waals surface area (Å²) in [7, 11) is 0. The Bertz CT molecular complexity index is 984. The van der Waals surface area contributed by atoms with Crippen molar-refractivity contribution in [1.82, 2.24) is 10.3 Å². The normalized spacial score (nSPS) is 12.6. The molecule has 4 nitrogen and oxygen atoms in total. The molecule has 0 aliphatic carbocycles. The lowest BCUT2D eigenvalue weighted by Gasteiger charge is -2.29. The summed E-state index contributed by atoms with van der Waals surface area (Å²) in [4.78, 5) is 17.0. The lowest BCUT2D eigenvalue weighted by molar-refractivity contribution is 0.174. The van der Waals surface area contributed by atoms with Crippen molar-refractivity contribution >= 4 is 29.2 Å². The maximum absolute atomic E-state index is 14.5. The molecule has 1 unspecified atom stereocenters. The van der Waals surface area contributed by atoms with Crippen molar-refractivity contribution < 1.29 is 14.3 Å². The molecule has 7 heteroatoms. The lowest BCUT2D eigenvalue weighted by atomic mass is 9.85. The van der Waals surface area contributed by atoms with E-state index in [2.05, 4.69) is 5.32 Å². The minimum atomic E-state index is -1.06. The molecule has 0 bridgehead atoms. The number of thiazole rings is 1. The third-order valence-electron chi connectivity index (χ3n) is 4.44. The molecular formula is C22H23FN2O2S2. The van der Waals surface area contributed by atoms with Gasteiger partial charge in [-0.05, 0) is 29.7 Å². The highest BCUT2D eigenvalue weighted by atomic mass is 32.2. The number of amides is 1. The van der Waals surface area contributed by atoms with E-state index >= 15 is 0 Å². The molecule has 152 valence electrons. The van der Waals surface area contributed by atoms with Gasteiger partial charge in [-0.1, -0.05) is 62.9 Å². The molecule has 0 aliphatic heterocycles. The summed E-state index contributed by atoms with van der Waals surface area (Å²) in [5.41, 5.74) is 0.765. The maximum atomic E-state index is 14.5. The van der Waals surface area contributed by atoms with Crippen molar-refractivity contribution in [3.05, 3.63) is 65.4 Å². The fourth-order valence-corrected chi connectivity index (χ4v) is 5.18. The molecule has 1 atom stereocenters. The van der Waals surface area contributed by atoms with E-state index in [1.54, 1.807) is 18.2 Å². The van der Waals surface area contributed by atoms with Crippen LogP contribution in [-0.2, 0) is 6.42 Å². The Morgan fingerprint density at radius 3 is 2.45 bits per heavy atom. The quantitative estimate of drug-likeness (QED) is 0.480. The Labute approximate surface area is 178 Å². The van der Waals surface area contributed by atoms with E-state index in [4.69, 9.17) is 4.98 Å². The third-order valence-corrected chi connectivity index (χ3v) is 6.70. The zero-order valence-electron chi connectivity index (χ0n) is 16.5. The lowest BCUT2D eigenvalue weighted by Crippen LogP contribution is -2.44. The van der Waals surface area contributed by atoms with E-state index in [0.717, 1.165) is 14.1 Å². The van der Waals surface area contributed by atoms with E-state index in [-0.39, 0.29) is 17.3 Å². The van der Waals surface area contributed by atoms with Crippen molar-refractivity contribution in [2.45, 2.75) is 42.3 Å².